The Morgan fingerprint density at radius 1 is 1.21 bits per heavy atom. The van der Waals surface area contributed by atoms with E-state index in [1.807, 2.05) is 6.07 Å². The summed E-state index contributed by atoms with van der Waals surface area (Å²) in [4.78, 5) is 2.49. The van der Waals surface area contributed by atoms with Crippen LogP contribution in [0.4, 0.5) is 5.69 Å². The zero-order valence-corrected chi connectivity index (χ0v) is 11.1. The Kier molecular flexibility index (Phi) is 3.84. The molecular formula is C16H20N2O. The van der Waals surface area contributed by atoms with Gasteiger partial charge in [0.25, 0.3) is 0 Å². The molecule has 1 N–H and O–H groups in total. The minimum atomic E-state index is 0.881. The zero-order valence-electron chi connectivity index (χ0n) is 11.1. The summed E-state index contributed by atoms with van der Waals surface area (Å²) in [6.45, 7) is 4.12. The number of aryl methyl sites for hydroxylation is 1. The lowest BCUT2D eigenvalue weighted by Gasteiger charge is -2.31. The van der Waals surface area contributed by atoms with Crippen LogP contribution in [0.25, 0.3) is 0 Å². The summed E-state index contributed by atoms with van der Waals surface area (Å²) in [5, 5.41) is 3.46. The molecular weight excluding hydrogens is 236 g/mol. The Morgan fingerprint density at radius 3 is 3.05 bits per heavy atom. The molecule has 100 valence electrons. The van der Waals surface area contributed by atoms with Crippen LogP contribution in [0, 0.1) is 0 Å². The number of nitrogens with zero attached hydrogens (tertiary/aromatic N) is 1. The third kappa shape index (κ3) is 2.99. The fourth-order valence-electron chi connectivity index (χ4n) is 2.68. The summed E-state index contributed by atoms with van der Waals surface area (Å²) in [5.41, 5.74) is 4.11. The second kappa shape index (κ2) is 5.93. The standard InChI is InChI=1S/C16H20N2O/c1-2-6-16-15(4-1)5-3-9-18(16)10-8-17-12-14-7-11-19-13-14/h1-2,4,6-7,11,13,17H,3,5,8-10,12H2. The van der Waals surface area contributed by atoms with Gasteiger partial charge in [0, 0.05) is 37.4 Å². The SMILES string of the molecule is c1ccc2c(c1)CCCN2CCNCc1ccoc1. The number of hydrogen-bond acceptors (Lipinski definition) is 3. The summed E-state index contributed by atoms with van der Waals surface area (Å²) in [6.07, 6.45) is 5.99. The topological polar surface area (TPSA) is 28.4 Å². The number of benzene rings is 1. The highest BCUT2D eigenvalue weighted by Crippen LogP contribution is 2.25. The first-order valence-electron chi connectivity index (χ1n) is 6.98. The van der Waals surface area contributed by atoms with E-state index >= 15 is 0 Å². The van der Waals surface area contributed by atoms with Gasteiger partial charge in [-0.3, -0.25) is 0 Å². The van der Waals surface area contributed by atoms with Crippen molar-refractivity contribution in [2.24, 2.45) is 0 Å². The van der Waals surface area contributed by atoms with Crippen molar-refractivity contribution >= 4 is 5.69 Å². The quantitative estimate of drug-likeness (QED) is 0.834. The molecule has 3 nitrogen and oxygen atoms in total. The monoisotopic (exact) mass is 256 g/mol. The highest BCUT2D eigenvalue weighted by atomic mass is 16.3. The van der Waals surface area contributed by atoms with E-state index in [1.165, 1.54) is 36.2 Å². The van der Waals surface area contributed by atoms with Crippen molar-refractivity contribution in [3.8, 4) is 0 Å². The van der Waals surface area contributed by atoms with Crippen LogP contribution in [-0.2, 0) is 13.0 Å². The molecule has 0 spiro atoms. The van der Waals surface area contributed by atoms with E-state index in [0.29, 0.717) is 0 Å². The first kappa shape index (κ1) is 12.3. The number of para-hydroxylation sites is 1. The van der Waals surface area contributed by atoms with Crippen LogP contribution < -0.4 is 10.2 Å². The van der Waals surface area contributed by atoms with E-state index in [0.717, 1.165) is 19.6 Å². The van der Waals surface area contributed by atoms with E-state index in [9.17, 15) is 0 Å². The minimum absolute atomic E-state index is 0.881. The smallest absolute Gasteiger partial charge is 0.0947 e. The first-order valence-corrected chi connectivity index (χ1v) is 6.98. The van der Waals surface area contributed by atoms with Crippen LogP contribution in [0.5, 0.6) is 0 Å². The Morgan fingerprint density at radius 2 is 2.16 bits per heavy atom. The Labute approximate surface area is 114 Å². The van der Waals surface area contributed by atoms with Gasteiger partial charge in [-0.15, -0.1) is 0 Å². The molecule has 3 rings (SSSR count). The molecule has 0 amide bonds. The normalized spacial score (nSPS) is 14.4. The average molecular weight is 256 g/mol. The van der Waals surface area contributed by atoms with Crippen molar-refractivity contribution in [3.05, 3.63) is 54.0 Å². The highest BCUT2D eigenvalue weighted by molar-refractivity contribution is 5.55. The van der Waals surface area contributed by atoms with Crippen molar-refractivity contribution in [2.75, 3.05) is 24.5 Å². The maximum atomic E-state index is 5.06. The molecule has 0 fully saturated rings. The zero-order chi connectivity index (χ0) is 12.9. The number of rotatable bonds is 5. The van der Waals surface area contributed by atoms with E-state index < -0.39 is 0 Å². The molecule has 1 aliphatic rings. The lowest BCUT2D eigenvalue weighted by Crippen LogP contribution is -2.35. The third-order valence-corrected chi connectivity index (χ3v) is 3.67. The molecule has 19 heavy (non-hydrogen) atoms. The van der Waals surface area contributed by atoms with Crippen molar-refractivity contribution in [2.45, 2.75) is 19.4 Å². The minimum Gasteiger partial charge on any atom is -0.472 e. The number of nitrogens with one attached hydrogen (secondary N) is 1. The lowest BCUT2D eigenvalue weighted by atomic mass is 10.0. The fraction of sp³-hybridized carbons (Fsp3) is 0.375. The van der Waals surface area contributed by atoms with Gasteiger partial charge < -0.3 is 14.6 Å². The van der Waals surface area contributed by atoms with Gasteiger partial charge in [-0.2, -0.15) is 0 Å². The van der Waals surface area contributed by atoms with Crippen molar-refractivity contribution in [1.82, 2.24) is 5.32 Å². The Balaban J connectivity index is 1.51. The van der Waals surface area contributed by atoms with Crippen LogP contribution in [0.3, 0.4) is 0 Å². The van der Waals surface area contributed by atoms with E-state index in [4.69, 9.17) is 4.42 Å². The summed E-state index contributed by atoms with van der Waals surface area (Å²) < 4.78 is 5.06. The Hall–Kier alpha value is -1.74. The fourth-order valence-corrected chi connectivity index (χ4v) is 2.68. The second-order valence-electron chi connectivity index (χ2n) is 5.03. The largest absolute Gasteiger partial charge is 0.472 e. The highest BCUT2D eigenvalue weighted by Gasteiger charge is 2.15. The molecule has 1 aliphatic heterocycles. The Bertz CT molecular complexity index is 507. The summed E-state index contributed by atoms with van der Waals surface area (Å²) >= 11 is 0. The molecule has 1 aromatic carbocycles. The van der Waals surface area contributed by atoms with Gasteiger partial charge in [0.15, 0.2) is 0 Å². The van der Waals surface area contributed by atoms with E-state index in [1.54, 1.807) is 12.5 Å². The number of fused-ring (bicyclic) bond motifs is 1. The van der Waals surface area contributed by atoms with Crippen molar-refractivity contribution in [1.29, 1.82) is 0 Å². The predicted octanol–water partition coefficient (Wildman–Crippen LogP) is 2.82. The van der Waals surface area contributed by atoms with Crippen LogP contribution in [-0.4, -0.2) is 19.6 Å². The van der Waals surface area contributed by atoms with Gasteiger partial charge in [-0.05, 0) is 30.5 Å². The van der Waals surface area contributed by atoms with Crippen molar-refractivity contribution < 1.29 is 4.42 Å². The van der Waals surface area contributed by atoms with Gasteiger partial charge in [0.2, 0.25) is 0 Å². The van der Waals surface area contributed by atoms with E-state index in [-0.39, 0.29) is 0 Å². The van der Waals surface area contributed by atoms with Crippen LogP contribution in [0.1, 0.15) is 17.5 Å². The van der Waals surface area contributed by atoms with Crippen molar-refractivity contribution in [3.63, 3.8) is 0 Å². The summed E-state index contributed by atoms with van der Waals surface area (Å²) in [5.74, 6) is 0. The van der Waals surface area contributed by atoms with Gasteiger partial charge in [0.1, 0.15) is 0 Å². The first-order chi connectivity index (χ1) is 9.43. The second-order valence-corrected chi connectivity index (χ2v) is 5.03. The number of anilines is 1. The van der Waals surface area contributed by atoms with Gasteiger partial charge in [-0.25, -0.2) is 0 Å². The molecule has 2 aromatic rings. The summed E-state index contributed by atoms with van der Waals surface area (Å²) in [6, 6.07) is 10.8. The molecule has 0 radical (unpaired) electrons. The summed E-state index contributed by atoms with van der Waals surface area (Å²) in [7, 11) is 0. The molecule has 1 aromatic heterocycles. The predicted molar refractivity (Wildman–Crippen MR) is 77.4 cm³/mol. The lowest BCUT2D eigenvalue weighted by molar-refractivity contribution is 0.559. The number of furan rings is 1. The maximum absolute atomic E-state index is 5.06. The molecule has 3 heteroatoms. The molecule has 0 atom stereocenters. The van der Waals surface area contributed by atoms with E-state index in [2.05, 4.69) is 34.5 Å². The molecule has 0 saturated heterocycles. The third-order valence-electron chi connectivity index (χ3n) is 3.67. The molecule has 0 bridgehead atoms. The van der Waals surface area contributed by atoms with Crippen LogP contribution >= 0.6 is 0 Å². The van der Waals surface area contributed by atoms with Crippen LogP contribution in [0.15, 0.2) is 47.3 Å². The van der Waals surface area contributed by atoms with Gasteiger partial charge in [-0.1, -0.05) is 18.2 Å². The maximum Gasteiger partial charge on any atom is 0.0947 e. The van der Waals surface area contributed by atoms with Crippen LogP contribution in [0.2, 0.25) is 0 Å². The van der Waals surface area contributed by atoms with Gasteiger partial charge in [0.05, 0.1) is 12.5 Å². The average Bonchev–Trinajstić information content (AvgIpc) is 2.97. The molecule has 0 aliphatic carbocycles. The van der Waals surface area contributed by atoms with Gasteiger partial charge >= 0.3 is 0 Å². The molecule has 0 unspecified atom stereocenters. The molecule has 0 saturated carbocycles. The number of hydrogen-bond donors (Lipinski definition) is 1. The molecule has 2 heterocycles.